The summed E-state index contributed by atoms with van der Waals surface area (Å²) in [6.07, 6.45) is 13.0. The van der Waals surface area contributed by atoms with E-state index >= 15 is 0 Å². The molecule has 0 saturated heterocycles. The molecule has 8 rings (SSSR count). The molecule has 0 radical (unpaired) electrons. The quantitative estimate of drug-likeness (QED) is 0.0488. The van der Waals surface area contributed by atoms with Gasteiger partial charge in [-0.15, -0.1) is 0 Å². The normalized spacial score (nSPS) is 12.0. The van der Waals surface area contributed by atoms with Crippen LogP contribution in [0.4, 0.5) is 25.2 Å². The average Bonchev–Trinajstić information content (AvgIpc) is 3.38. The van der Waals surface area contributed by atoms with E-state index in [1.54, 1.807) is 0 Å². The van der Waals surface area contributed by atoms with Crippen molar-refractivity contribution in [2.45, 2.75) is 105 Å². The van der Waals surface area contributed by atoms with E-state index in [1.165, 1.54) is 44.5 Å². The van der Waals surface area contributed by atoms with Crippen LogP contribution < -0.4 is 0 Å². The molecule has 0 atom stereocenters. The molecule has 4 heterocycles. The van der Waals surface area contributed by atoms with Crippen molar-refractivity contribution in [1.29, 1.82) is 0 Å². The van der Waals surface area contributed by atoms with Crippen molar-refractivity contribution in [2.24, 2.45) is 0 Å². The summed E-state index contributed by atoms with van der Waals surface area (Å²) in [4.78, 5) is 20.3. The van der Waals surface area contributed by atoms with E-state index < -0.39 is 7.81 Å². The van der Waals surface area contributed by atoms with Gasteiger partial charge in [-0.2, -0.15) is 0 Å². The molecule has 406 valence electrons. The number of aromatic nitrogens is 4. The first-order valence-corrected chi connectivity index (χ1v) is 30.4. The average molecular weight is 1370 g/mol. The number of nitrogens with zero attached hydrogens (tertiary/aromatic N) is 4. The van der Waals surface area contributed by atoms with Gasteiger partial charge in [-0.3, -0.25) is 19.9 Å². The summed E-state index contributed by atoms with van der Waals surface area (Å²) < 4.78 is 63.5. The maximum Gasteiger partial charge on any atom is 1.00 e. The maximum atomic E-state index is 9.87. The Morgan fingerprint density at radius 1 is 0.303 bits per heavy atom. The second-order valence-electron chi connectivity index (χ2n) is 18.3. The SMILES string of the molecule is CCCCc1cc(-c2ccc(Br)cc2)cc(-c2cc(-c3ccc(Br)cc3)cc(CCCC)n2)n1.CCCCc1cc(-c2ccc(Br)cc2)cc(-c2cc(-c3ccc(Br)cc3)cc(CCCC)n2)n1.F[P-](F)(F)(F)(F)F.[Cu+]. The molecule has 0 fully saturated rings. The first-order valence-electron chi connectivity index (χ1n) is 25.2. The summed E-state index contributed by atoms with van der Waals surface area (Å²) in [6.45, 7) is 8.90. The molecule has 0 aliphatic carbocycles. The Balaban J connectivity index is 0.000000247. The number of hydrogen-bond donors (Lipinski definition) is 0. The smallest absolute Gasteiger partial charge is 1.00 e. The van der Waals surface area contributed by atoms with Gasteiger partial charge in [0, 0.05) is 40.7 Å². The Morgan fingerprint density at radius 3 is 0.632 bits per heavy atom. The number of pyridine rings is 4. The zero-order valence-corrected chi connectivity index (χ0v) is 50.8. The number of unbranched alkanes of at least 4 members (excludes halogenated alkanes) is 4. The van der Waals surface area contributed by atoms with E-state index in [2.05, 4.69) is 237 Å². The predicted molar refractivity (Wildman–Crippen MR) is 315 cm³/mol. The molecule has 0 N–H and O–H groups in total. The molecule has 4 aromatic heterocycles. The predicted octanol–water partition coefficient (Wildman–Crippen LogP) is 22.8. The van der Waals surface area contributed by atoms with Crippen LogP contribution in [-0.4, -0.2) is 19.9 Å². The molecule has 0 spiro atoms. The van der Waals surface area contributed by atoms with Crippen LogP contribution in [0.15, 0.2) is 163 Å². The van der Waals surface area contributed by atoms with Crippen LogP contribution in [0.3, 0.4) is 0 Å². The molecule has 4 aromatic carbocycles. The summed E-state index contributed by atoms with van der Waals surface area (Å²) in [7, 11) is -10.7. The summed E-state index contributed by atoms with van der Waals surface area (Å²) in [5.74, 6) is 0. The zero-order valence-electron chi connectivity index (χ0n) is 42.7. The van der Waals surface area contributed by atoms with E-state index in [1.807, 2.05) is 0 Å². The number of benzene rings is 4. The van der Waals surface area contributed by atoms with Crippen molar-refractivity contribution in [3.05, 3.63) is 186 Å². The first-order chi connectivity index (χ1) is 35.6. The van der Waals surface area contributed by atoms with Gasteiger partial charge in [0.1, 0.15) is 0 Å². The van der Waals surface area contributed by atoms with Gasteiger partial charge in [0.25, 0.3) is 0 Å². The van der Waals surface area contributed by atoms with Gasteiger partial charge >= 0.3 is 50.1 Å². The van der Waals surface area contributed by atoms with Gasteiger partial charge in [0.05, 0.1) is 22.8 Å². The van der Waals surface area contributed by atoms with E-state index in [0.717, 1.165) is 140 Å². The van der Waals surface area contributed by atoms with Gasteiger partial charge in [-0.25, -0.2) is 0 Å². The van der Waals surface area contributed by atoms with Gasteiger partial charge in [-0.1, -0.05) is 166 Å². The van der Waals surface area contributed by atoms with Crippen LogP contribution in [0.1, 0.15) is 102 Å². The van der Waals surface area contributed by atoms with E-state index in [-0.39, 0.29) is 17.1 Å². The molecule has 0 saturated carbocycles. The van der Waals surface area contributed by atoms with Crippen molar-refractivity contribution >= 4 is 71.5 Å². The monoisotopic (exact) mass is 1360 g/mol. The largest absolute Gasteiger partial charge is 1.00 e. The maximum absolute atomic E-state index is 10.7. The molecular formula is C60H60Br4CuF6N4P. The molecule has 8 aromatic rings. The van der Waals surface area contributed by atoms with Crippen molar-refractivity contribution < 1.29 is 42.3 Å². The minimum Gasteiger partial charge on any atom is 1.00 e. The fraction of sp³-hybridized carbons (Fsp3) is 0.267. The number of hydrogen-bond acceptors (Lipinski definition) is 4. The Morgan fingerprint density at radius 2 is 0.474 bits per heavy atom. The minimum absolute atomic E-state index is 0. The van der Waals surface area contributed by atoms with E-state index in [4.69, 9.17) is 19.9 Å². The van der Waals surface area contributed by atoms with Gasteiger partial charge in [-0.05, 0) is 193 Å². The summed E-state index contributed by atoms with van der Waals surface area (Å²) in [5, 5.41) is 0. The van der Waals surface area contributed by atoms with Crippen molar-refractivity contribution in [1.82, 2.24) is 19.9 Å². The third-order valence-electron chi connectivity index (χ3n) is 11.9. The molecule has 0 aliphatic rings. The Bertz CT molecular complexity index is 2720. The van der Waals surface area contributed by atoms with Crippen molar-refractivity contribution in [2.75, 3.05) is 0 Å². The summed E-state index contributed by atoms with van der Waals surface area (Å²) >= 11 is 14.2. The Kier molecular flexibility index (Phi) is 23.3. The van der Waals surface area contributed by atoms with Crippen LogP contribution in [0.2, 0.25) is 0 Å². The second kappa shape index (κ2) is 28.2. The third-order valence-corrected chi connectivity index (χ3v) is 14.0. The van der Waals surface area contributed by atoms with Gasteiger partial charge in [0.2, 0.25) is 0 Å². The van der Waals surface area contributed by atoms with Crippen molar-refractivity contribution in [3.63, 3.8) is 0 Å². The Labute approximate surface area is 488 Å². The molecule has 4 nitrogen and oxygen atoms in total. The van der Waals surface area contributed by atoms with Crippen molar-refractivity contribution in [3.8, 4) is 67.3 Å². The van der Waals surface area contributed by atoms with Crippen LogP contribution in [0.5, 0.6) is 0 Å². The topological polar surface area (TPSA) is 51.6 Å². The standard InChI is InChI=1S/2C30H30Br2N2.Cu.F6P/c2*1-3-5-7-27-17-23(21-9-13-25(31)14-10-21)19-29(33-27)30-20-24(18-28(34-30)8-6-4-2)22-11-15-26(32)16-12-22;;1-7(2,3,4,5)6/h2*9-20H,3-8H2,1-2H3;;/q;;+1;-1. The molecule has 76 heavy (non-hydrogen) atoms. The second-order valence-corrected chi connectivity index (χ2v) is 23.9. The van der Waals surface area contributed by atoms with E-state index in [0.29, 0.717) is 0 Å². The number of aryl methyl sites for hydroxylation is 4. The fourth-order valence-electron chi connectivity index (χ4n) is 8.06. The number of halogens is 10. The van der Waals surface area contributed by atoms with Crippen LogP contribution in [-0.2, 0) is 42.8 Å². The summed E-state index contributed by atoms with van der Waals surface area (Å²) in [5.41, 5.74) is 17.8. The molecule has 0 bridgehead atoms. The Hall–Kier alpha value is -4.07. The van der Waals surface area contributed by atoms with Gasteiger partial charge < -0.3 is 0 Å². The fourth-order valence-corrected chi connectivity index (χ4v) is 9.11. The summed E-state index contributed by atoms with van der Waals surface area (Å²) in [6, 6.07) is 51.7. The minimum atomic E-state index is -10.7. The van der Waals surface area contributed by atoms with E-state index in [9.17, 15) is 25.2 Å². The van der Waals surface area contributed by atoms with Crippen LogP contribution in [0, 0.1) is 0 Å². The van der Waals surface area contributed by atoms with Gasteiger partial charge in [0.15, 0.2) is 0 Å². The number of rotatable bonds is 18. The molecule has 0 amide bonds. The van der Waals surface area contributed by atoms with Crippen LogP contribution >= 0.6 is 71.5 Å². The molecule has 0 unspecified atom stereocenters. The zero-order chi connectivity index (χ0) is 54.2. The molecule has 16 heteroatoms. The van der Waals surface area contributed by atoms with Crippen LogP contribution in [0.25, 0.3) is 67.3 Å². The third kappa shape index (κ3) is 21.6. The molecule has 0 aliphatic heterocycles. The molecular weight excluding hydrogens is 1300 g/mol. The first kappa shape index (κ1) is 62.8.